The molecule has 0 heterocycles. The van der Waals surface area contributed by atoms with Crippen molar-refractivity contribution in [1.29, 1.82) is 0 Å². The van der Waals surface area contributed by atoms with Gasteiger partial charge in [-0.3, -0.25) is 9.59 Å². The molecule has 1 aliphatic rings. The number of hydrogen-bond donors (Lipinski definition) is 3. The quantitative estimate of drug-likeness (QED) is 0.604. The fourth-order valence-electron chi connectivity index (χ4n) is 3.81. The molecule has 2 amide bonds. The minimum atomic E-state index is -3.32. The summed E-state index contributed by atoms with van der Waals surface area (Å²) >= 11 is 0. The molecule has 0 bridgehead atoms. The average molecular weight is 444 g/mol. The van der Waals surface area contributed by atoms with Crippen LogP contribution in [0.1, 0.15) is 61.9 Å². The molecule has 8 heteroatoms. The van der Waals surface area contributed by atoms with Gasteiger partial charge in [-0.05, 0) is 62.6 Å². The normalized spacial score (nSPS) is 18.7. The van der Waals surface area contributed by atoms with E-state index in [1.807, 2.05) is 24.3 Å². The highest BCUT2D eigenvalue weighted by Gasteiger charge is 2.32. The van der Waals surface area contributed by atoms with Crippen molar-refractivity contribution in [3.05, 3.63) is 59.7 Å². The molecule has 1 aliphatic carbocycles. The summed E-state index contributed by atoms with van der Waals surface area (Å²) in [5.41, 5.74) is 2.71. The van der Waals surface area contributed by atoms with E-state index in [9.17, 15) is 18.0 Å². The van der Waals surface area contributed by atoms with Crippen LogP contribution in [-0.2, 0) is 14.8 Å². The number of carbonyl (C=O) groups is 2. The van der Waals surface area contributed by atoms with Gasteiger partial charge in [-0.1, -0.05) is 24.6 Å². The number of rotatable bonds is 7. The van der Waals surface area contributed by atoms with Crippen molar-refractivity contribution < 1.29 is 18.0 Å². The van der Waals surface area contributed by atoms with Gasteiger partial charge in [0.2, 0.25) is 15.9 Å². The van der Waals surface area contributed by atoms with Gasteiger partial charge in [-0.25, -0.2) is 13.1 Å². The summed E-state index contributed by atoms with van der Waals surface area (Å²) in [5, 5.41) is 5.06. The molecule has 2 aromatic rings. The van der Waals surface area contributed by atoms with Crippen molar-refractivity contribution in [3.63, 3.8) is 0 Å². The van der Waals surface area contributed by atoms with Crippen molar-refractivity contribution in [1.82, 2.24) is 4.72 Å². The zero-order chi connectivity index (χ0) is 22.6. The molecular formula is C23H29N3O4S. The summed E-state index contributed by atoms with van der Waals surface area (Å²) in [6, 6.07) is 14.2. The van der Waals surface area contributed by atoms with Gasteiger partial charge >= 0.3 is 0 Å². The highest BCUT2D eigenvalue weighted by molar-refractivity contribution is 7.90. The van der Waals surface area contributed by atoms with Gasteiger partial charge in [-0.2, -0.15) is 0 Å². The Morgan fingerprint density at radius 3 is 2.32 bits per heavy atom. The molecular weight excluding hydrogens is 414 g/mol. The van der Waals surface area contributed by atoms with Crippen molar-refractivity contribution >= 4 is 33.2 Å². The van der Waals surface area contributed by atoms with Crippen LogP contribution in [0.4, 0.5) is 11.4 Å². The summed E-state index contributed by atoms with van der Waals surface area (Å²) in [6.07, 6.45) is 2.71. The van der Waals surface area contributed by atoms with Gasteiger partial charge in [0, 0.05) is 35.8 Å². The molecule has 0 saturated heterocycles. The first-order chi connectivity index (χ1) is 14.7. The number of anilines is 2. The summed E-state index contributed by atoms with van der Waals surface area (Å²) in [5.74, 6) is -0.356. The van der Waals surface area contributed by atoms with Crippen LogP contribution in [0.15, 0.2) is 48.5 Å². The molecule has 31 heavy (non-hydrogen) atoms. The third-order valence-electron chi connectivity index (χ3n) is 5.49. The molecule has 0 spiro atoms. The first-order valence-corrected chi connectivity index (χ1v) is 12.0. The number of carbonyl (C=O) groups excluding carboxylic acids is 2. The Kier molecular flexibility index (Phi) is 7.12. The van der Waals surface area contributed by atoms with E-state index >= 15 is 0 Å². The van der Waals surface area contributed by atoms with Crippen LogP contribution in [0.5, 0.6) is 0 Å². The van der Waals surface area contributed by atoms with E-state index in [4.69, 9.17) is 0 Å². The largest absolute Gasteiger partial charge is 0.326 e. The molecule has 3 rings (SSSR count). The fourth-order valence-corrected chi connectivity index (χ4v) is 4.78. The lowest BCUT2D eigenvalue weighted by atomic mass is 9.94. The predicted octanol–water partition coefficient (Wildman–Crippen LogP) is 3.86. The molecule has 0 unspecified atom stereocenters. The Morgan fingerprint density at radius 2 is 1.68 bits per heavy atom. The molecule has 2 atom stereocenters. The van der Waals surface area contributed by atoms with Crippen molar-refractivity contribution in [2.75, 3.05) is 10.6 Å². The van der Waals surface area contributed by atoms with E-state index in [-0.39, 0.29) is 23.8 Å². The highest BCUT2D eigenvalue weighted by Crippen LogP contribution is 2.35. The van der Waals surface area contributed by atoms with E-state index < -0.39 is 15.3 Å². The fraction of sp³-hybridized carbons (Fsp3) is 0.391. The maximum absolute atomic E-state index is 12.6. The third-order valence-corrected chi connectivity index (χ3v) is 7.37. The summed E-state index contributed by atoms with van der Waals surface area (Å²) in [4.78, 5) is 23.8. The van der Waals surface area contributed by atoms with Crippen molar-refractivity contribution in [2.24, 2.45) is 0 Å². The van der Waals surface area contributed by atoms with Crippen LogP contribution < -0.4 is 15.4 Å². The summed E-state index contributed by atoms with van der Waals surface area (Å²) in [7, 11) is -3.32. The van der Waals surface area contributed by atoms with Gasteiger partial charge in [0.1, 0.15) is 0 Å². The standard InChI is InChI=1S/C23H29N3O4S/c1-15(2)31(29,30)26-22-9-5-8-21(22)17-10-12-19(13-11-17)25-23(28)18-6-4-7-20(14-18)24-16(3)27/h4,6-7,10-15,21-22,26H,5,8-9H2,1-3H3,(H,24,27)(H,25,28)/t21-,22-/m0/s1. The van der Waals surface area contributed by atoms with Crippen LogP contribution in [-0.4, -0.2) is 31.5 Å². The lowest BCUT2D eigenvalue weighted by Gasteiger charge is -2.23. The number of nitrogens with one attached hydrogen (secondary N) is 3. The Bertz CT molecular complexity index is 1050. The average Bonchev–Trinajstić information content (AvgIpc) is 3.15. The van der Waals surface area contributed by atoms with Gasteiger partial charge in [0.25, 0.3) is 5.91 Å². The van der Waals surface area contributed by atoms with E-state index in [0.717, 1.165) is 24.8 Å². The molecule has 0 radical (unpaired) electrons. The monoisotopic (exact) mass is 443 g/mol. The number of hydrogen-bond acceptors (Lipinski definition) is 4. The Hall–Kier alpha value is -2.71. The number of sulfonamides is 1. The lowest BCUT2D eigenvalue weighted by molar-refractivity contribution is -0.114. The number of benzene rings is 2. The first-order valence-electron chi connectivity index (χ1n) is 10.5. The van der Waals surface area contributed by atoms with Crippen LogP contribution in [0, 0.1) is 0 Å². The van der Waals surface area contributed by atoms with Gasteiger partial charge in [-0.15, -0.1) is 0 Å². The maximum Gasteiger partial charge on any atom is 0.255 e. The van der Waals surface area contributed by atoms with E-state index in [1.54, 1.807) is 38.1 Å². The molecule has 0 aliphatic heterocycles. The van der Waals surface area contributed by atoms with Crippen LogP contribution in [0.2, 0.25) is 0 Å². The predicted molar refractivity (Wildman–Crippen MR) is 123 cm³/mol. The highest BCUT2D eigenvalue weighted by atomic mass is 32.2. The van der Waals surface area contributed by atoms with Crippen molar-refractivity contribution in [2.45, 2.75) is 57.2 Å². The zero-order valence-corrected chi connectivity index (χ0v) is 18.8. The zero-order valence-electron chi connectivity index (χ0n) is 18.0. The van der Waals surface area contributed by atoms with E-state index in [0.29, 0.717) is 16.9 Å². The second-order valence-corrected chi connectivity index (χ2v) is 10.5. The molecule has 7 nitrogen and oxygen atoms in total. The van der Waals surface area contributed by atoms with Gasteiger partial charge in [0.05, 0.1) is 5.25 Å². The van der Waals surface area contributed by atoms with E-state index in [1.165, 1.54) is 6.92 Å². The molecule has 3 N–H and O–H groups in total. The Labute approximate surface area is 183 Å². The summed E-state index contributed by atoms with van der Waals surface area (Å²) in [6.45, 7) is 4.77. The van der Waals surface area contributed by atoms with E-state index in [2.05, 4.69) is 15.4 Å². The molecule has 1 saturated carbocycles. The number of amides is 2. The van der Waals surface area contributed by atoms with Crippen LogP contribution >= 0.6 is 0 Å². The van der Waals surface area contributed by atoms with Crippen LogP contribution in [0.3, 0.4) is 0 Å². The minimum absolute atomic E-state index is 0.107. The smallest absolute Gasteiger partial charge is 0.255 e. The molecule has 1 fully saturated rings. The lowest BCUT2D eigenvalue weighted by Crippen LogP contribution is -2.40. The first kappa shape index (κ1) is 23.0. The Morgan fingerprint density at radius 1 is 0.968 bits per heavy atom. The SMILES string of the molecule is CC(=O)Nc1cccc(C(=O)Nc2ccc([C@@H]3CCC[C@@H]3NS(=O)(=O)C(C)C)cc2)c1. The maximum atomic E-state index is 12.6. The summed E-state index contributed by atoms with van der Waals surface area (Å²) < 4.78 is 27.4. The molecule has 166 valence electrons. The van der Waals surface area contributed by atoms with Gasteiger partial charge in [0.15, 0.2) is 0 Å². The minimum Gasteiger partial charge on any atom is -0.326 e. The second kappa shape index (κ2) is 9.62. The molecule has 2 aromatic carbocycles. The van der Waals surface area contributed by atoms with Gasteiger partial charge < -0.3 is 10.6 Å². The molecule has 0 aromatic heterocycles. The topological polar surface area (TPSA) is 104 Å². The van der Waals surface area contributed by atoms with Crippen LogP contribution in [0.25, 0.3) is 0 Å². The third kappa shape index (κ3) is 5.92. The second-order valence-electron chi connectivity index (χ2n) is 8.19. The van der Waals surface area contributed by atoms with Crippen molar-refractivity contribution in [3.8, 4) is 0 Å². The Balaban J connectivity index is 1.67.